The van der Waals surface area contributed by atoms with Crippen molar-refractivity contribution in [3.05, 3.63) is 65.2 Å². The molecule has 0 heterocycles. The SMILES string of the molecule is COCCNC(=O)/C=C/c1ccc(S(=O)(=O)Nc2ccccc2Cl)cc1. The van der Waals surface area contributed by atoms with Gasteiger partial charge in [0.1, 0.15) is 0 Å². The zero-order chi connectivity index (χ0) is 19.0. The molecule has 8 heteroatoms. The molecule has 2 aromatic carbocycles. The van der Waals surface area contributed by atoms with Crippen LogP contribution in [-0.4, -0.2) is 34.6 Å². The Bertz CT molecular complexity index is 880. The quantitative estimate of drug-likeness (QED) is 0.532. The van der Waals surface area contributed by atoms with Crippen molar-refractivity contribution in [2.45, 2.75) is 4.90 Å². The number of carbonyl (C=O) groups is 1. The van der Waals surface area contributed by atoms with Crippen molar-refractivity contribution < 1.29 is 17.9 Å². The van der Waals surface area contributed by atoms with Gasteiger partial charge >= 0.3 is 0 Å². The number of hydrogen-bond donors (Lipinski definition) is 2. The first-order chi connectivity index (χ1) is 12.4. The van der Waals surface area contributed by atoms with E-state index in [1.165, 1.54) is 18.2 Å². The Labute approximate surface area is 157 Å². The van der Waals surface area contributed by atoms with Crippen LogP contribution in [0.25, 0.3) is 6.08 Å². The minimum Gasteiger partial charge on any atom is -0.383 e. The first-order valence-corrected chi connectivity index (χ1v) is 9.61. The number of amides is 1. The molecule has 0 unspecified atom stereocenters. The van der Waals surface area contributed by atoms with Gasteiger partial charge in [-0.2, -0.15) is 0 Å². The smallest absolute Gasteiger partial charge is 0.261 e. The zero-order valence-electron chi connectivity index (χ0n) is 14.1. The molecular weight excluding hydrogens is 376 g/mol. The number of benzene rings is 2. The van der Waals surface area contributed by atoms with Crippen molar-refractivity contribution in [2.24, 2.45) is 0 Å². The van der Waals surface area contributed by atoms with E-state index in [1.807, 2.05) is 0 Å². The van der Waals surface area contributed by atoms with Crippen molar-refractivity contribution in [3.8, 4) is 0 Å². The summed E-state index contributed by atoms with van der Waals surface area (Å²) in [5.41, 5.74) is 1.01. The zero-order valence-corrected chi connectivity index (χ0v) is 15.7. The minimum absolute atomic E-state index is 0.0964. The predicted octanol–water partition coefficient (Wildman–Crippen LogP) is 2.92. The number of hydrogen-bond acceptors (Lipinski definition) is 4. The molecule has 0 aromatic heterocycles. The topological polar surface area (TPSA) is 84.5 Å². The lowest BCUT2D eigenvalue weighted by molar-refractivity contribution is -0.116. The largest absolute Gasteiger partial charge is 0.383 e. The molecule has 0 spiro atoms. The Morgan fingerprint density at radius 1 is 1.15 bits per heavy atom. The maximum absolute atomic E-state index is 12.4. The van der Waals surface area contributed by atoms with Gasteiger partial charge in [0.2, 0.25) is 5.91 Å². The van der Waals surface area contributed by atoms with E-state index in [9.17, 15) is 13.2 Å². The number of anilines is 1. The molecule has 0 bridgehead atoms. The summed E-state index contributed by atoms with van der Waals surface area (Å²) in [4.78, 5) is 11.7. The van der Waals surface area contributed by atoms with Gasteiger partial charge in [0.05, 0.1) is 22.2 Å². The summed E-state index contributed by atoms with van der Waals surface area (Å²) in [5.74, 6) is -0.251. The average molecular weight is 395 g/mol. The molecule has 0 fully saturated rings. The highest BCUT2D eigenvalue weighted by Gasteiger charge is 2.15. The van der Waals surface area contributed by atoms with E-state index in [4.69, 9.17) is 16.3 Å². The van der Waals surface area contributed by atoms with Gasteiger partial charge < -0.3 is 10.1 Å². The van der Waals surface area contributed by atoms with Gasteiger partial charge in [0, 0.05) is 19.7 Å². The molecule has 0 aliphatic carbocycles. The average Bonchev–Trinajstić information content (AvgIpc) is 2.62. The second-order valence-corrected chi connectivity index (χ2v) is 7.36. The van der Waals surface area contributed by atoms with Crippen LogP contribution in [0.1, 0.15) is 5.56 Å². The van der Waals surface area contributed by atoms with E-state index >= 15 is 0 Å². The minimum atomic E-state index is -3.75. The third-order valence-electron chi connectivity index (χ3n) is 3.34. The molecule has 2 N–H and O–H groups in total. The van der Waals surface area contributed by atoms with E-state index in [0.29, 0.717) is 29.4 Å². The van der Waals surface area contributed by atoms with Crippen molar-refractivity contribution in [1.29, 1.82) is 0 Å². The van der Waals surface area contributed by atoms with E-state index < -0.39 is 10.0 Å². The van der Waals surface area contributed by atoms with Crippen molar-refractivity contribution in [1.82, 2.24) is 5.32 Å². The molecule has 0 saturated carbocycles. The Morgan fingerprint density at radius 2 is 1.85 bits per heavy atom. The van der Waals surface area contributed by atoms with Crippen LogP contribution in [0.4, 0.5) is 5.69 Å². The van der Waals surface area contributed by atoms with Crippen molar-refractivity contribution in [3.63, 3.8) is 0 Å². The Morgan fingerprint density at radius 3 is 2.50 bits per heavy atom. The fourth-order valence-electron chi connectivity index (χ4n) is 2.01. The third-order valence-corrected chi connectivity index (χ3v) is 5.05. The molecular formula is C18H19ClN2O4S. The van der Waals surface area contributed by atoms with Crippen LogP contribution in [0.2, 0.25) is 5.02 Å². The van der Waals surface area contributed by atoms with Gasteiger partial charge in [0.25, 0.3) is 10.0 Å². The van der Waals surface area contributed by atoms with Crippen LogP contribution in [0, 0.1) is 0 Å². The summed E-state index contributed by atoms with van der Waals surface area (Å²) >= 11 is 5.98. The standard InChI is InChI=1S/C18H19ClN2O4S/c1-25-13-12-20-18(22)11-8-14-6-9-15(10-7-14)26(23,24)21-17-5-3-2-4-16(17)19/h2-11,21H,12-13H2,1H3,(H,20,22)/b11-8+. The highest BCUT2D eigenvalue weighted by Crippen LogP contribution is 2.24. The predicted molar refractivity (Wildman–Crippen MR) is 103 cm³/mol. The number of ether oxygens (including phenoxy) is 1. The molecule has 0 radical (unpaired) electrons. The van der Waals surface area contributed by atoms with Crippen LogP contribution < -0.4 is 10.0 Å². The van der Waals surface area contributed by atoms with E-state index in [1.54, 1.807) is 49.6 Å². The summed E-state index contributed by atoms with van der Waals surface area (Å²) in [5, 5.41) is 2.97. The molecule has 2 aromatic rings. The Balaban J connectivity index is 2.04. The van der Waals surface area contributed by atoms with E-state index in [2.05, 4.69) is 10.0 Å². The van der Waals surface area contributed by atoms with Gasteiger partial charge in [0.15, 0.2) is 0 Å². The van der Waals surface area contributed by atoms with E-state index in [0.717, 1.165) is 0 Å². The van der Waals surface area contributed by atoms with Gasteiger partial charge in [-0.1, -0.05) is 35.9 Å². The maximum atomic E-state index is 12.4. The normalized spacial score (nSPS) is 11.5. The van der Waals surface area contributed by atoms with Crippen LogP contribution in [0.3, 0.4) is 0 Å². The van der Waals surface area contributed by atoms with Crippen LogP contribution in [0.5, 0.6) is 0 Å². The molecule has 1 amide bonds. The first-order valence-electron chi connectivity index (χ1n) is 7.74. The van der Waals surface area contributed by atoms with Crippen LogP contribution in [0.15, 0.2) is 59.5 Å². The molecule has 138 valence electrons. The third kappa shape index (κ3) is 5.87. The fourth-order valence-corrected chi connectivity index (χ4v) is 3.33. The number of para-hydroxylation sites is 1. The molecule has 2 rings (SSSR count). The van der Waals surface area contributed by atoms with Crippen molar-refractivity contribution in [2.75, 3.05) is 25.0 Å². The van der Waals surface area contributed by atoms with Crippen LogP contribution in [-0.2, 0) is 19.6 Å². The van der Waals surface area contributed by atoms with E-state index in [-0.39, 0.29) is 10.8 Å². The monoisotopic (exact) mass is 394 g/mol. The lowest BCUT2D eigenvalue weighted by Crippen LogP contribution is -2.24. The van der Waals surface area contributed by atoms with Crippen LogP contribution >= 0.6 is 11.6 Å². The number of sulfonamides is 1. The highest BCUT2D eigenvalue weighted by molar-refractivity contribution is 7.92. The summed E-state index contributed by atoms with van der Waals surface area (Å²) in [7, 11) is -2.20. The van der Waals surface area contributed by atoms with Crippen molar-refractivity contribution >= 4 is 39.3 Å². The summed E-state index contributed by atoms with van der Waals surface area (Å²) in [6.07, 6.45) is 2.97. The molecule has 0 atom stereocenters. The number of carbonyl (C=O) groups excluding carboxylic acids is 1. The highest BCUT2D eigenvalue weighted by atomic mass is 35.5. The summed E-state index contributed by atoms with van der Waals surface area (Å²) in [6, 6.07) is 12.7. The summed E-state index contributed by atoms with van der Waals surface area (Å²) in [6.45, 7) is 0.856. The van der Waals surface area contributed by atoms with Gasteiger partial charge in [-0.25, -0.2) is 8.42 Å². The number of rotatable bonds is 8. The van der Waals surface area contributed by atoms with Gasteiger partial charge in [-0.05, 0) is 35.9 Å². The number of halogens is 1. The molecule has 0 saturated heterocycles. The number of nitrogens with one attached hydrogen (secondary N) is 2. The second kappa shape index (κ2) is 9.38. The lowest BCUT2D eigenvalue weighted by atomic mass is 10.2. The Hall–Kier alpha value is -2.35. The maximum Gasteiger partial charge on any atom is 0.261 e. The fraction of sp³-hybridized carbons (Fsp3) is 0.167. The first kappa shape index (κ1) is 20.0. The summed E-state index contributed by atoms with van der Waals surface area (Å²) < 4.78 is 32.1. The number of methoxy groups -OCH3 is 1. The molecule has 0 aliphatic heterocycles. The van der Waals surface area contributed by atoms with Gasteiger partial charge in [-0.15, -0.1) is 0 Å². The molecule has 26 heavy (non-hydrogen) atoms. The lowest BCUT2D eigenvalue weighted by Gasteiger charge is -2.09. The van der Waals surface area contributed by atoms with Gasteiger partial charge in [-0.3, -0.25) is 9.52 Å². The Kier molecular flexibility index (Phi) is 7.20. The second-order valence-electron chi connectivity index (χ2n) is 5.27. The molecule has 6 nitrogen and oxygen atoms in total. The molecule has 0 aliphatic rings.